The van der Waals surface area contributed by atoms with Crippen molar-refractivity contribution in [3.05, 3.63) is 45.1 Å². The minimum absolute atomic E-state index is 0.744. The van der Waals surface area contributed by atoms with E-state index in [1.165, 1.54) is 0 Å². The van der Waals surface area contributed by atoms with Crippen LogP contribution >= 0.6 is 34.2 Å². The average Bonchev–Trinajstić information content (AvgIpc) is 2.34. The van der Waals surface area contributed by atoms with Crippen LogP contribution in [0.1, 0.15) is 6.92 Å². The van der Waals surface area contributed by atoms with Gasteiger partial charge in [0.2, 0.25) is 0 Å². The van der Waals surface area contributed by atoms with Gasteiger partial charge in [-0.15, -0.1) is 0 Å². The summed E-state index contributed by atoms with van der Waals surface area (Å²) in [6.07, 6.45) is 1.78. The van der Waals surface area contributed by atoms with Gasteiger partial charge in [0.25, 0.3) is 0 Å². The monoisotopic (exact) mass is 373 g/mol. The molecule has 0 aliphatic carbocycles. The lowest BCUT2D eigenvalue weighted by molar-refractivity contribution is 1.16. The third-order valence-electron chi connectivity index (χ3n) is 2.33. The molecule has 0 saturated carbocycles. The first kappa shape index (κ1) is 13.4. The molecule has 5 heteroatoms. The molecule has 1 heterocycles. The largest absolute Gasteiger partial charge is 0.370 e. The molecule has 1 aromatic carbocycles. The molecule has 0 saturated heterocycles. The zero-order valence-electron chi connectivity index (χ0n) is 9.87. The van der Waals surface area contributed by atoms with Gasteiger partial charge in [-0.05, 0) is 53.8 Å². The SMILES string of the molecule is CCNc1cc(Nc2ccc(Cl)cc2I)ccn1. The summed E-state index contributed by atoms with van der Waals surface area (Å²) in [5, 5.41) is 7.28. The Balaban J connectivity index is 2.20. The van der Waals surface area contributed by atoms with E-state index < -0.39 is 0 Å². The normalized spacial score (nSPS) is 10.2. The third kappa shape index (κ3) is 3.49. The molecule has 94 valence electrons. The van der Waals surface area contributed by atoms with Crippen molar-refractivity contribution in [3.63, 3.8) is 0 Å². The maximum absolute atomic E-state index is 5.93. The van der Waals surface area contributed by atoms with Crippen molar-refractivity contribution < 1.29 is 0 Å². The zero-order chi connectivity index (χ0) is 13.0. The first-order valence-electron chi connectivity index (χ1n) is 5.61. The number of aromatic nitrogens is 1. The van der Waals surface area contributed by atoms with Crippen LogP contribution in [0.25, 0.3) is 0 Å². The van der Waals surface area contributed by atoms with E-state index in [4.69, 9.17) is 11.6 Å². The summed E-state index contributed by atoms with van der Waals surface area (Å²) in [6.45, 7) is 2.90. The third-order valence-corrected chi connectivity index (χ3v) is 3.46. The highest BCUT2D eigenvalue weighted by Crippen LogP contribution is 2.26. The Morgan fingerprint density at radius 1 is 1.28 bits per heavy atom. The molecule has 0 unspecified atom stereocenters. The zero-order valence-corrected chi connectivity index (χ0v) is 12.8. The van der Waals surface area contributed by atoms with Crippen molar-refractivity contribution in [2.45, 2.75) is 6.92 Å². The summed E-state index contributed by atoms with van der Waals surface area (Å²) in [4.78, 5) is 4.23. The van der Waals surface area contributed by atoms with Crippen molar-refractivity contribution in [2.75, 3.05) is 17.2 Å². The lowest BCUT2D eigenvalue weighted by Gasteiger charge is -2.10. The second-order valence-electron chi connectivity index (χ2n) is 3.71. The minimum Gasteiger partial charge on any atom is -0.370 e. The van der Waals surface area contributed by atoms with Gasteiger partial charge in [-0.2, -0.15) is 0 Å². The fraction of sp³-hybridized carbons (Fsp3) is 0.154. The molecule has 0 aliphatic rings. The lowest BCUT2D eigenvalue weighted by atomic mass is 10.3. The van der Waals surface area contributed by atoms with Crippen LogP contribution in [0.15, 0.2) is 36.5 Å². The van der Waals surface area contributed by atoms with Gasteiger partial charge in [0, 0.05) is 33.1 Å². The Hall–Kier alpha value is -1.01. The van der Waals surface area contributed by atoms with E-state index in [2.05, 4.69) is 38.2 Å². The summed E-state index contributed by atoms with van der Waals surface area (Å²) in [7, 11) is 0. The fourth-order valence-corrected chi connectivity index (χ4v) is 2.54. The summed E-state index contributed by atoms with van der Waals surface area (Å²) in [6, 6.07) is 9.69. The Morgan fingerprint density at radius 3 is 2.83 bits per heavy atom. The number of hydrogen-bond donors (Lipinski definition) is 2. The van der Waals surface area contributed by atoms with Crippen LogP contribution in [-0.2, 0) is 0 Å². The minimum atomic E-state index is 0.744. The second-order valence-corrected chi connectivity index (χ2v) is 5.31. The number of halogens is 2. The summed E-state index contributed by atoms with van der Waals surface area (Å²) >= 11 is 8.19. The molecule has 2 rings (SSSR count). The van der Waals surface area contributed by atoms with E-state index in [9.17, 15) is 0 Å². The maximum atomic E-state index is 5.93. The van der Waals surface area contributed by atoms with E-state index in [0.717, 1.165) is 32.3 Å². The average molecular weight is 374 g/mol. The van der Waals surface area contributed by atoms with Gasteiger partial charge in [0.1, 0.15) is 5.82 Å². The molecule has 1 aromatic heterocycles. The molecular weight excluding hydrogens is 361 g/mol. The van der Waals surface area contributed by atoms with E-state index in [-0.39, 0.29) is 0 Å². The first-order chi connectivity index (χ1) is 8.69. The number of rotatable bonds is 4. The molecule has 0 amide bonds. The Labute approximate surface area is 125 Å². The summed E-state index contributed by atoms with van der Waals surface area (Å²) in [5.41, 5.74) is 2.04. The first-order valence-corrected chi connectivity index (χ1v) is 7.06. The fourth-order valence-electron chi connectivity index (χ4n) is 1.53. The smallest absolute Gasteiger partial charge is 0.127 e. The molecule has 0 fully saturated rings. The number of benzene rings is 1. The van der Waals surface area contributed by atoms with Gasteiger partial charge in [-0.1, -0.05) is 11.6 Å². The van der Waals surface area contributed by atoms with Crippen LogP contribution in [0, 0.1) is 3.57 Å². The van der Waals surface area contributed by atoms with Crippen LogP contribution < -0.4 is 10.6 Å². The van der Waals surface area contributed by atoms with E-state index in [0.29, 0.717) is 0 Å². The van der Waals surface area contributed by atoms with Gasteiger partial charge < -0.3 is 10.6 Å². The number of pyridine rings is 1. The second kappa shape index (κ2) is 6.24. The van der Waals surface area contributed by atoms with Crippen LogP contribution in [0.5, 0.6) is 0 Å². The Kier molecular flexibility index (Phi) is 4.66. The maximum Gasteiger partial charge on any atom is 0.127 e. The highest BCUT2D eigenvalue weighted by atomic mass is 127. The number of nitrogens with zero attached hydrogens (tertiary/aromatic N) is 1. The molecule has 0 atom stereocenters. The van der Waals surface area contributed by atoms with Crippen molar-refractivity contribution >= 4 is 51.4 Å². The summed E-state index contributed by atoms with van der Waals surface area (Å²) < 4.78 is 1.09. The summed E-state index contributed by atoms with van der Waals surface area (Å²) in [5.74, 6) is 0.867. The highest BCUT2D eigenvalue weighted by molar-refractivity contribution is 14.1. The van der Waals surface area contributed by atoms with Gasteiger partial charge in [0.15, 0.2) is 0 Å². The van der Waals surface area contributed by atoms with Gasteiger partial charge in [-0.3, -0.25) is 0 Å². The molecule has 2 aromatic rings. The quantitative estimate of drug-likeness (QED) is 0.774. The predicted molar refractivity (Wildman–Crippen MR) is 85.9 cm³/mol. The standard InChI is InChI=1S/C13H13ClIN3/c1-2-16-13-8-10(5-6-17-13)18-12-4-3-9(14)7-11(12)15/h3-8H,2H2,1H3,(H2,16,17,18). The molecule has 0 bridgehead atoms. The van der Waals surface area contributed by atoms with Gasteiger partial charge >= 0.3 is 0 Å². The van der Waals surface area contributed by atoms with Crippen LogP contribution in [0.2, 0.25) is 5.02 Å². The Morgan fingerprint density at radius 2 is 2.11 bits per heavy atom. The molecule has 0 radical (unpaired) electrons. The highest BCUT2D eigenvalue weighted by Gasteiger charge is 2.02. The van der Waals surface area contributed by atoms with Crippen molar-refractivity contribution in [1.82, 2.24) is 4.98 Å². The van der Waals surface area contributed by atoms with E-state index in [1.807, 2.05) is 37.3 Å². The molecule has 0 spiro atoms. The Bertz CT molecular complexity index is 546. The van der Waals surface area contributed by atoms with Crippen LogP contribution in [-0.4, -0.2) is 11.5 Å². The molecule has 18 heavy (non-hydrogen) atoms. The van der Waals surface area contributed by atoms with E-state index >= 15 is 0 Å². The van der Waals surface area contributed by atoms with E-state index in [1.54, 1.807) is 6.20 Å². The predicted octanol–water partition coefficient (Wildman–Crippen LogP) is 4.52. The topological polar surface area (TPSA) is 37.0 Å². The number of hydrogen-bond acceptors (Lipinski definition) is 3. The van der Waals surface area contributed by atoms with Crippen LogP contribution in [0.3, 0.4) is 0 Å². The van der Waals surface area contributed by atoms with Crippen molar-refractivity contribution in [2.24, 2.45) is 0 Å². The lowest BCUT2D eigenvalue weighted by Crippen LogP contribution is -2.00. The van der Waals surface area contributed by atoms with Crippen molar-refractivity contribution in [3.8, 4) is 0 Å². The number of nitrogens with one attached hydrogen (secondary N) is 2. The molecule has 2 N–H and O–H groups in total. The van der Waals surface area contributed by atoms with Gasteiger partial charge in [0.05, 0.1) is 5.69 Å². The molecule has 3 nitrogen and oxygen atoms in total. The number of anilines is 3. The van der Waals surface area contributed by atoms with Gasteiger partial charge in [-0.25, -0.2) is 4.98 Å². The molecule has 0 aliphatic heterocycles. The van der Waals surface area contributed by atoms with Crippen LogP contribution in [0.4, 0.5) is 17.2 Å². The molecular formula is C13H13ClIN3. The van der Waals surface area contributed by atoms with Crippen molar-refractivity contribution in [1.29, 1.82) is 0 Å².